The zero-order valence-corrected chi connectivity index (χ0v) is 13.9. The third-order valence-electron chi connectivity index (χ3n) is 4.38. The summed E-state index contributed by atoms with van der Waals surface area (Å²) in [5.74, 6) is -0.287. The summed E-state index contributed by atoms with van der Waals surface area (Å²) in [7, 11) is 4.19. The topological polar surface area (TPSA) is 15.3 Å². The van der Waals surface area contributed by atoms with Crippen LogP contribution in [0, 0.1) is 5.82 Å². The SMILES string of the molecule is CCNC(Cc1ccc(F)cc1Cl)C(C)(CC)N(C)C. The van der Waals surface area contributed by atoms with Crippen LogP contribution in [0.4, 0.5) is 4.39 Å². The van der Waals surface area contributed by atoms with Crippen molar-refractivity contribution in [1.82, 2.24) is 10.2 Å². The molecule has 0 saturated carbocycles. The van der Waals surface area contributed by atoms with Gasteiger partial charge in [0, 0.05) is 16.6 Å². The Bertz CT molecular complexity index is 436. The van der Waals surface area contributed by atoms with E-state index in [1.165, 1.54) is 12.1 Å². The lowest BCUT2D eigenvalue weighted by atomic mass is 9.84. The van der Waals surface area contributed by atoms with Crippen LogP contribution >= 0.6 is 11.6 Å². The van der Waals surface area contributed by atoms with Crippen LogP contribution in [-0.4, -0.2) is 37.1 Å². The van der Waals surface area contributed by atoms with Crippen molar-refractivity contribution in [3.8, 4) is 0 Å². The van der Waals surface area contributed by atoms with Crippen molar-refractivity contribution in [2.45, 2.75) is 45.2 Å². The van der Waals surface area contributed by atoms with Crippen LogP contribution < -0.4 is 5.32 Å². The monoisotopic (exact) mass is 300 g/mol. The van der Waals surface area contributed by atoms with Gasteiger partial charge in [0.15, 0.2) is 0 Å². The van der Waals surface area contributed by atoms with Crippen molar-refractivity contribution in [2.75, 3.05) is 20.6 Å². The van der Waals surface area contributed by atoms with Gasteiger partial charge >= 0.3 is 0 Å². The van der Waals surface area contributed by atoms with E-state index in [1.54, 1.807) is 6.07 Å². The van der Waals surface area contributed by atoms with Gasteiger partial charge in [0.25, 0.3) is 0 Å². The molecule has 1 rings (SSSR count). The van der Waals surface area contributed by atoms with Crippen LogP contribution in [0.3, 0.4) is 0 Å². The third-order valence-corrected chi connectivity index (χ3v) is 4.73. The molecule has 0 spiro atoms. The molecule has 0 aliphatic carbocycles. The highest BCUT2D eigenvalue weighted by atomic mass is 35.5. The minimum atomic E-state index is -0.287. The third kappa shape index (κ3) is 3.94. The van der Waals surface area contributed by atoms with Gasteiger partial charge in [-0.1, -0.05) is 31.5 Å². The van der Waals surface area contributed by atoms with E-state index in [0.29, 0.717) is 5.02 Å². The Morgan fingerprint density at radius 3 is 2.45 bits per heavy atom. The highest BCUT2D eigenvalue weighted by Gasteiger charge is 2.34. The van der Waals surface area contributed by atoms with Gasteiger partial charge in [-0.2, -0.15) is 0 Å². The minimum Gasteiger partial charge on any atom is -0.312 e. The van der Waals surface area contributed by atoms with Gasteiger partial charge in [-0.25, -0.2) is 4.39 Å². The second-order valence-corrected chi connectivity index (χ2v) is 6.06. The molecule has 0 fully saturated rings. The van der Waals surface area contributed by atoms with Gasteiger partial charge in [0.1, 0.15) is 5.82 Å². The Balaban J connectivity index is 3.02. The van der Waals surface area contributed by atoms with E-state index in [9.17, 15) is 4.39 Å². The van der Waals surface area contributed by atoms with E-state index in [0.717, 1.165) is 24.9 Å². The van der Waals surface area contributed by atoms with Gasteiger partial charge in [-0.3, -0.25) is 0 Å². The molecule has 2 nitrogen and oxygen atoms in total. The number of nitrogens with zero attached hydrogens (tertiary/aromatic N) is 1. The maximum Gasteiger partial charge on any atom is 0.124 e. The lowest BCUT2D eigenvalue weighted by Crippen LogP contribution is -2.57. The first-order chi connectivity index (χ1) is 9.35. The first kappa shape index (κ1) is 17.4. The largest absolute Gasteiger partial charge is 0.312 e. The standard InChI is InChI=1S/C16H26ClFN2/c1-6-16(3,20(4)5)15(19-7-2)10-12-8-9-13(18)11-14(12)17/h8-9,11,15,19H,6-7,10H2,1-5H3. The van der Waals surface area contributed by atoms with Crippen molar-refractivity contribution >= 4 is 11.6 Å². The quantitative estimate of drug-likeness (QED) is 0.825. The lowest BCUT2D eigenvalue weighted by Gasteiger charge is -2.43. The van der Waals surface area contributed by atoms with Crippen LogP contribution in [0.1, 0.15) is 32.8 Å². The molecule has 2 atom stereocenters. The lowest BCUT2D eigenvalue weighted by molar-refractivity contribution is 0.113. The van der Waals surface area contributed by atoms with E-state index in [-0.39, 0.29) is 17.4 Å². The average molecular weight is 301 g/mol. The summed E-state index contributed by atoms with van der Waals surface area (Å²) in [6.45, 7) is 7.44. The summed E-state index contributed by atoms with van der Waals surface area (Å²) in [6, 6.07) is 4.91. The smallest absolute Gasteiger partial charge is 0.124 e. The molecule has 1 aromatic rings. The summed E-state index contributed by atoms with van der Waals surface area (Å²) in [5, 5.41) is 4.06. The fourth-order valence-corrected chi connectivity index (χ4v) is 2.78. The Labute approximate surface area is 127 Å². The highest BCUT2D eigenvalue weighted by molar-refractivity contribution is 6.31. The Kier molecular flexibility index (Phi) is 6.44. The number of nitrogens with one attached hydrogen (secondary N) is 1. The van der Waals surface area contributed by atoms with E-state index < -0.39 is 0 Å². The number of benzene rings is 1. The first-order valence-corrected chi connectivity index (χ1v) is 7.57. The molecule has 0 amide bonds. The molecule has 1 N–H and O–H groups in total. The summed E-state index contributed by atoms with van der Waals surface area (Å²) in [4.78, 5) is 2.25. The summed E-state index contributed by atoms with van der Waals surface area (Å²) < 4.78 is 13.2. The molecule has 20 heavy (non-hydrogen) atoms. The Morgan fingerprint density at radius 2 is 2.00 bits per heavy atom. The van der Waals surface area contributed by atoms with Gasteiger partial charge in [0.2, 0.25) is 0 Å². The van der Waals surface area contributed by atoms with E-state index in [4.69, 9.17) is 11.6 Å². The molecular formula is C16H26ClFN2. The number of rotatable bonds is 7. The molecule has 0 saturated heterocycles. The van der Waals surface area contributed by atoms with Crippen LogP contribution in [0.2, 0.25) is 5.02 Å². The molecule has 114 valence electrons. The molecule has 0 aliphatic heterocycles. The molecule has 4 heteroatoms. The molecule has 0 aliphatic rings. The maximum absolute atomic E-state index is 13.2. The minimum absolute atomic E-state index is 0.0216. The second-order valence-electron chi connectivity index (χ2n) is 5.66. The van der Waals surface area contributed by atoms with Gasteiger partial charge in [0.05, 0.1) is 0 Å². The molecule has 0 heterocycles. The number of likely N-dealkylation sites (N-methyl/N-ethyl adjacent to an activating group) is 2. The summed E-state index contributed by atoms with van der Waals surface area (Å²) in [5.41, 5.74) is 1.01. The summed E-state index contributed by atoms with van der Waals surface area (Å²) >= 11 is 6.17. The normalized spacial score (nSPS) is 16.2. The van der Waals surface area contributed by atoms with Gasteiger partial charge in [-0.15, -0.1) is 0 Å². The zero-order chi connectivity index (χ0) is 15.3. The van der Waals surface area contributed by atoms with E-state index >= 15 is 0 Å². The molecule has 0 bridgehead atoms. The predicted molar refractivity (Wildman–Crippen MR) is 85.0 cm³/mol. The number of hydrogen-bond acceptors (Lipinski definition) is 2. The van der Waals surface area contributed by atoms with Crippen molar-refractivity contribution in [3.63, 3.8) is 0 Å². The van der Waals surface area contributed by atoms with Crippen molar-refractivity contribution in [2.24, 2.45) is 0 Å². The van der Waals surface area contributed by atoms with Crippen LogP contribution in [0.5, 0.6) is 0 Å². The maximum atomic E-state index is 13.2. The van der Waals surface area contributed by atoms with Crippen molar-refractivity contribution < 1.29 is 4.39 Å². The van der Waals surface area contributed by atoms with Crippen LogP contribution in [0.25, 0.3) is 0 Å². The second kappa shape index (κ2) is 7.39. The Hall–Kier alpha value is -0.640. The highest BCUT2D eigenvalue weighted by Crippen LogP contribution is 2.27. The predicted octanol–water partition coefficient (Wildman–Crippen LogP) is 3.73. The number of hydrogen-bond donors (Lipinski definition) is 1. The van der Waals surface area contributed by atoms with Crippen LogP contribution in [0.15, 0.2) is 18.2 Å². The molecule has 1 aromatic carbocycles. The first-order valence-electron chi connectivity index (χ1n) is 7.19. The zero-order valence-electron chi connectivity index (χ0n) is 13.1. The van der Waals surface area contributed by atoms with Crippen molar-refractivity contribution in [3.05, 3.63) is 34.6 Å². The van der Waals surface area contributed by atoms with E-state index in [1.807, 2.05) is 0 Å². The van der Waals surface area contributed by atoms with Crippen LogP contribution in [-0.2, 0) is 6.42 Å². The van der Waals surface area contributed by atoms with Gasteiger partial charge < -0.3 is 10.2 Å². The molecule has 0 aromatic heterocycles. The van der Waals surface area contributed by atoms with Crippen molar-refractivity contribution in [1.29, 1.82) is 0 Å². The number of halogens is 2. The summed E-state index contributed by atoms with van der Waals surface area (Å²) in [6.07, 6.45) is 1.81. The fraction of sp³-hybridized carbons (Fsp3) is 0.625. The average Bonchev–Trinajstić information content (AvgIpc) is 2.39. The molecule has 2 unspecified atom stereocenters. The van der Waals surface area contributed by atoms with E-state index in [2.05, 4.69) is 45.1 Å². The van der Waals surface area contributed by atoms with Gasteiger partial charge in [-0.05, 0) is 58.1 Å². The fourth-order valence-electron chi connectivity index (χ4n) is 2.54. The Morgan fingerprint density at radius 1 is 1.35 bits per heavy atom. The molecular weight excluding hydrogens is 275 g/mol. The molecule has 0 radical (unpaired) electrons.